The Hall–Kier alpha value is -1.39. The van der Waals surface area contributed by atoms with Crippen molar-refractivity contribution in [1.29, 1.82) is 0 Å². The lowest BCUT2D eigenvalue weighted by atomic mass is 9.99. The Labute approximate surface area is 128 Å². The molecule has 0 aliphatic carbocycles. The van der Waals surface area contributed by atoms with Gasteiger partial charge in [0, 0.05) is 12.4 Å². The number of nitrogens with zero attached hydrogens (tertiary/aromatic N) is 1. The van der Waals surface area contributed by atoms with Crippen molar-refractivity contribution in [2.75, 3.05) is 13.7 Å². The Bertz CT molecular complexity index is 586. The van der Waals surface area contributed by atoms with E-state index in [2.05, 4.69) is 58.3 Å². The van der Waals surface area contributed by atoms with Crippen LogP contribution in [0.15, 0.2) is 41.1 Å². The summed E-state index contributed by atoms with van der Waals surface area (Å²) in [5.41, 5.74) is 3.52. The smallest absolute Gasteiger partial charge is 0.133 e. The van der Waals surface area contributed by atoms with Gasteiger partial charge in [0.05, 0.1) is 17.6 Å². The van der Waals surface area contributed by atoms with Crippen LogP contribution in [0.3, 0.4) is 0 Å². The van der Waals surface area contributed by atoms with E-state index in [0.29, 0.717) is 0 Å². The zero-order chi connectivity index (χ0) is 14.5. The first-order valence-electron chi connectivity index (χ1n) is 6.64. The standard InChI is InChI=1S/C16H19BrN2O/c1-4-19-16(13-7-11(2)9-18-10-13)12-5-6-15(20-3)14(17)8-12/h5-10,16,19H,4H2,1-3H3. The lowest BCUT2D eigenvalue weighted by Gasteiger charge is -2.20. The molecule has 0 radical (unpaired) electrons. The number of benzene rings is 1. The molecular weight excluding hydrogens is 316 g/mol. The first-order chi connectivity index (χ1) is 9.65. The Kier molecular flexibility index (Phi) is 5.15. The van der Waals surface area contributed by atoms with E-state index in [1.807, 2.05) is 18.5 Å². The van der Waals surface area contributed by atoms with E-state index < -0.39 is 0 Å². The molecule has 1 unspecified atom stereocenters. The van der Waals surface area contributed by atoms with Crippen LogP contribution in [0, 0.1) is 6.92 Å². The number of halogens is 1. The zero-order valence-electron chi connectivity index (χ0n) is 12.0. The van der Waals surface area contributed by atoms with Crippen molar-refractivity contribution in [2.45, 2.75) is 19.9 Å². The van der Waals surface area contributed by atoms with Crippen LogP contribution in [-0.4, -0.2) is 18.6 Å². The molecule has 2 aromatic rings. The van der Waals surface area contributed by atoms with Gasteiger partial charge in [-0.3, -0.25) is 4.98 Å². The minimum atomic E-state index is 0.134. The summed E-state index contributed by atoms with van der Waals surface area (Å²) >= 11 is 3.55. The minimum absolute atomic E-state index is 0.134. The predicted molar refractivity (Wildman–Crippen MR) is 85.2 cm³/mol. The van der Waals surface area contributed by atoms with E-state index >= 15 is 0 Å². The fraction of sp³-hybridized carbons (Fsp3) is 0.312. The highest BCUT2D eigenvalue weighted by Crippen LogP contribution is 2.30. The third kappa shape index (κ3) is 3.38. The van der Waals surface area contributed by atoms with Crippen molar-refractivity contribution in [2.24, 2.45) is 0 Å². The number of methoxy groups -OCH3 is 1. The van der Waals surface area contributed by atoms with Crippen LogP contribution in [0.1, 0.15) is 29.7 Å². The summed E-state index contributed by atoms with van der Waals surface area (Å²) in [4.78, 5) is 4.29. The Morgan fingerprint density at radius 3 is 2.65 bits per heavy atom. The van der Waals surface area contributed by atoms with Gasteiger partial charge < -0.3 is 10.1 Å². The molecule has 1 heterocycles. The van der Waals surface area contributed by atoms with Gasteiger partial charge in [0.25, 0.3) is 0 Å². The first-order valence-corrected chi connectivity index (χ1v) is 7.43. The van der Waals surface area contributed by atoms with E-state index in [0.717, 1.165) is 22.3 Å². The van der Waals surface area contributed by atoms with Crippen molar-refractivity contribution < 1.29 is 4.74 Å². The maximum atomic E-state index is 5.28. The summed E-state index contributed by atoms with van der Waals surface area (Å²) in [5, 5.41) is 3.51. The van der Waals surface area contributed by atoms with Gasteiger partial charge in [-0.1, -0.05) is 19.1 Å². The predicted octanol–water partition coefficient (Wildman–Crippen LogP) is 3.86. The molecule has 0 spiro atoms. The average molecular weight is 335 g/mol. The van der Waals surface area contributed by atoms with Gasteiger partial charge in [0.15, 0.2) is 0 Å². The lowest BCUT2D eigenvalue weighted by molar-refractivity contribution is 0.412. The molecule has 1 N–H and O–H groups in total. The highest BCUT2D eigenvalue weighted by Gasteiger charge is 2.15. The van der Waals surface area contributed by atoms with Gasteiger partial charge in [0.1, 0.15) is 5.75 Å². The van der Waals surface area contributed by atoms with Crippen molar-refractivity contribution in [3.05, 3.63) is 57.8 Å². The van der Waals surface area contributed by atoms with Gasteiger partial charge in [0.2, 0.25) is 0 Å². The van der Waals surface area contributed by atoms with Gasteiger partial charge in [-0.15, -0.1) is 0 Å². The topological polar surface area (TPSA) is 34.2 Å². The second-order valence-corrected chi connectivity index (χ2v) is 5.53. The number of pyridine rings is 1. The maximum Gasteiger partial charge on any atom is 0.133 e. The largest absolute Gasteiger partial charge is 0.496 e. The molecule has 2 rings (SSSR count). The van der Waals surface area contributed by atoms with E-state index in [1.54, 1.807) is 7.11 Å². The highest BCUT2D eigenvalue weighted by atomic mass is 79.9. The molecule has 0 aliphatic rings. The number of hydrogen-bond donors (Lipinski definition) is 1. The van der Waals surface area contributed by atoms with Gasteiger partial charge in [-0.25, -0.2) is 0 Å². The number of hydrogen-bond acceptors (Lipinski definition) is 3. The number of ether oxygens (including phenoxy) is 1. The molecule has 0 fully saturated rings. The van der Waals surface area contributed by atoms with Gasteiger partial charge in [-0.05, 0) is 58.2 Å². The molecule has 20 heavy (non-hydrogen) atoms. The fourth-order valence-corrected chi connectivity index (χ4v) is 2.79. The molecule has 1 aromatic carbocycles. The van der Waals surface area contributed by atoms with Crippen LogP contribution in [-0.2, 0) is 0 Å². The number of aryl methyl sites for hydroxylation is 1. The lowest BCUT2D eigenvalue weighted by Crippen LogP contribution is -2.22. The van der Waals surface area contributed by atoms with Gasteiger partial charge in [-0.2, -0.15) is 0 Å². The molecule has 1 aromatic heterocycles. The molecule has 0 saturated carbocycles. The number of rotatable bonds is 5. The van der Waals surface area contributed by atoms with Crippen molar-refractivity contribution in [3.63, 3.8) is 0 Å². The van der Waals surface area contributed by atoms with Crippen LogP contribution in [0.2, 0.25) is 0 Å². The Balaban J connectivity index is 2.40. The van der Waals surface area contributed by atoms with Crippen LogP contribution >= 0.6 is 15.9 Å². The Morgan fingerprint density at radius 1 is 1.25 bits per heavy atom. The number of nitrogens with one attached hydrogen (secondary N) is 1. The van der Waals surface area contributed by atoms with Crippen LogP contribution in [0.25, 0.3) is 0 Å². The van der Waals surface area contributed by atoms with Gasteiger partial charge >= 0.3 is 0 Å². The molecule has 0 saturated heterocycles. The first kappa shape index (κ1) is 15.0. The molecule has 106 valence electrons. The second kappa shape index (κ2) is 6.86. The minimum Gasteiger partial charge on any atom is -0.496 e. The van der Waals surface area contributed by atoms with Crippen molar-refractivity contribution in [3.8, 4) is 5.75 Å². The van der Waals surface area contributed by atoms with E-state index in [4.69, 9.17) is 4.74 Å². The highest BCUT2D eigenvalue weighted by molar-refractivity contribution is 9.10. The van der Waals surface area contributed by atoms with E-state index in [-0.39, 0.29) is 6.04 Å². The molecular formula is C16H19BrN2O. The molecule has 3 nitrogen and oxygen atoms in total. The molecule has 1 atom stereocenters. The average Bonchev–Trinajstić information content (AvgIpc) is 2.44. The summed E-state index contributed by atoms with van der Waals surface area (Å²) in [5.74, 6) is 0.839. The van der Waals surface area contributed by atoms with Crippen molar-refractivity contribution >= 4 is 15.9 Å². The molecule has 4 heteroatoms. The SMILES string of the molecule is CCNC(c1cncc(C)c1)c1ccc(OC)c(Br)c1. The monoisotopic (exact) mass is 334 g/mol. The maximum absolute atomic E-state index is 5.28. The van der Waals surface area contributed by atoms with Crippen LogP contribution in [0.4, 0.5) is 0 Å². The molecule has 0 aliphatic heterocycles. The summed E-state index contributed by atoms with van der Waals surface area (Å²) < 4.78 is 6.24. The quantitative estimate of drug-likeness (QED) is 0.901. The van der Waals surface area contributed by atoms with Crippen molar-refractivity contribution in [1.82, 2.24) is 10.3 Å². The summed E-state index contributed by atoms with van der Waals surface area (Å²) in [7, 11) is 1.67. The van der Waals surface area contributed by atoms with E-state index in [1.165, 1.54) is 11.1 Å². The molecule has 0 amide bonds. The Morgan fingerprint density at radius 2 is 2.05 bits per heavy atom. The second-order valence-electron chi connectivity index (χ2n) is 4.68. The van der Waals surface area contributed by atoms with Crippen LogP contribution < -0.4 is 10.1 Å². The zero-order valence-corrected chi connectivity index (χ0v) is 13.6. The number of aromatic nitrogens is 1. The normalized spacial score (nSPS) is 12.2. The third-order valence-corrected chi connectivity index (χ3v) is 3.77. The summed E-state index contributed by atoms with van der Waals surface area (Å²) in [6.07, 6.45) is 3.79. The fourth-order valence-electron chi connectivity index (χ4n) is 2.23. The van der Waals surface area contributed by atoms with Crippen LogP contribution in [0.5, 0.6) is 5.75 Å². The summed E-state index contributed by atoms with van der Waals surface area (Å²) in [6.45, 7) is 5.06. The summed E-state index contributed by atoms with van der Waals surface area (Å²) in [6, 6.07) is 8.45. The third-order valence-electron chi connectivity index (χ3n) is 3.15. The van der Waals surface area contributed by atoms with E-state index in [9.17, 15) is 0 Å². The molecule has 0 bridgehead atoms.